The molecule has 7 heteroatoms. The van der Waals surface area contributed by atoms with E-state index in [0.29, 0.717) is 15.6 Å². The van der Waals surface area contributed by atoms with Gasteiger partial charge in [-0.15, -0.1) is 0 Å². The minimum atomic E-state index is -0.387. The van der Waals surface area contributed by atoms with Crippen LogP contribution in [-0.4, -0.2) is 28.5 Å². The molecule has 0 unspecified atom stereocenters. The third-order valence-electron chi connectivity index (χ3n) is 3.66. The molecule has 0 saturated carbocycles. The van der Waals surface area contributed by atoms with Crippen molar-refractivity contribution in [1.29, 1.82) is 0 Å². The number of para-hydroxylation sites is 1. The van der Waals surface area contributed by atoms with E-state index in [2.05, 4.69) is 5.32 Å². The van der Waals surface area contributed by atoms with Crippen LogP contribution in [0.2, 0.25) is 5.02 Å². The van der Waals surface area contributed by atoms with Crippen LogP contribution in [0.5, 0.6) is 0 Å². The number of hydrogen-bond donors (Lipinski definition) is 1. The number of imide groups is 1. The number of thioether (sulfide) groups is 1. The van der Waals surface area contributed by atoms with Crippen molar-refractivity contribution in [3.05, 3.63) is 70.1 Å². The van der Waals surface area contributed by atoms with Crippen molar-refractivity contribution in [1.82, 2.24) is 4.90 Å². The van der Waals surface area contributed by atoms with Crippen LogP contribution in [0.1, 0.15) is 12.0 Å². The molecular weight excluding hydrogens is 372 g/mol. The molecule has 0 bridgehead atoms. The number of rotatable bonds is 5. The van der Waals surface area contributed by atoms with Gasteiger partial charge in [0.1, 0.15) is 0 Å². The van der Waals surface area contributed by atoms with Gasteiger partial charge in [-0.2, -0.15) is 0 Å². The molecule has 2 aromatic carbocycles. The molecule has 1 fully saturated rings. The summed E-state index contributed by atoms with van der Waals surface area (Å²) in [5.74, 6) is -0.639. The largest absolute Gasteiger partial charge is 0.326 e. The molecule has 3 amide bonds. The minimum Gasteiger partial charge on any atom is -0.326 e. The summed E-state index contributed by atoms with van der Waals surface area (Å²) < 4.78 is 0. The molecule has 1 heterocycles. The van der Waals surface area contributed by atoms with E-state index in [1.54, 1.807) is 42.5 Å². The van der Waals surface area contributed by atoms with E-state index in [1.165, 1.54) is 0 Å². The smallest absolute Gasteiger partial charge is 0.293 e. The van der Waals surface area contributed by atoms with Gasteiger partial charge < -0.3 is 5.32 Å². The first-order valence-corrected chi connectivity index (χ1v) is 9.08. The van der Waals surface area contributed by atoms with Crippen LogP contribution >= 0.6 is 23.4 Å². The van der Waals surface area contributed by atoms with E-state index < -0.39 is 0 Å². The number of anilines is 1. The second-order valence-electron chi connectivity index (χ2n) is 5.55. The summed E-state index contributed by atoms with van der Waals surface area (Å²) in [6.45, 7) is 0.0429. The van der Waals surface area contributed by atoms with Crippen molar-refractivity contribution in [2.75, 3.05) is 11.9 Å². The molecule has 1 N–H and O–H groups in total. The van der Waals surface area contributed by atoms with E-state index in [4.69, 9.17) is 11.6 Å². The Morgan fingerprint density at radius 1 is 1.08 bits per heavy atom. The zero-order valence-electron chi connectivity index (χ0n) is 13.6. The summed E-state index contributed by atoms with van der Waals surface area (Å²) in [7, 11) is 0. The van der Waals surface area contributed by atoms with Crippen molar-refractivity contribution in [3.63, 3.8) is 0 Å². The number of halogens is 1. The van der Waals surface area contributed by atoms with Crippen molar-refractivity contribution in [3.8, 4) is 0 Å². The number of amides is 3. The normalized spacial score (nSPS) is 15.6. The number of carbonyl (C=O) groups excluding carboxylic acids is 3. The van der Waals surface area contributed by atoms with Gasteiger partial charge in [-0.3, -0.25) is 19.3 Å². The molecule has 5 nitrogen and oxygen atoms in total. The topological polar surface area (TPSA) is 66.5 Å². The highest BCUT2D eigenvalue weighted by Gasteiger charge is 2.34. The highest BCUT2D eigenvalue weighted by molar-refractivity contribution is 8.18. The Morgan fingerprint density at radius 3 is 2.46 bits per heavy atom. The molecular formula is C19H15ClN2O3S. The van der Waals surface area contributed by atoms with E-state index >= 15 is 0 Å². The van der Waals surface area contributed by atoms with Gasteiger partial charge in [0.2, 0.25) is 5.91 Å². The maximum absolute atomic E-state index is 12.4. The molecule has 0 aliphatic carbocycles. The summed E-state index contributed by atoms with van der Waals surface area (Å²) in [5.41, 5.74) is 1.45. The standard InChI is InChI=1S/C19H15ClN2O3S/c20-14-8-6-13(7-9-14)12-16-18(24)22(19(25)26-16)11-10-17(23)21-15-4-2-1-3-5-15/h1-9,12H,10-11H2,(H,21,23)/b16-12+. The molecule has 3 rings (SSSR count). The Balaban J connectivity index is 1.60. The molecule has 0 spiro atoms. The number of benzene rings is 2. The van der Waals surface area contributed by atoms with Gasteiger partial charge in [0.05, 0.1) is 4.91 Å². The Bertz CT molecular complexity index is 866. The first-order valence-electron chi connectivity index (χ1n) is 7.89. The summed E-state index contributed by atoms with van der Waals surface area (Å²) in [6.07, 6.45) is 1.69. The van der Waals surface area contributed by atoms with Crippen LogP contribution in [0.4, 0.5) is 10.5 Å². The van der Waals surface area contributed by atoms with Crippen LogP contribution in [0.25, 0.3) is 6.08 Å². The molecule has 1 aliphatic rings. The summed E-state index contributed by atoms with van der Waals surface area (Å²) in [5, 5.41) is 2.95. The molecule has 2 aromatic rings. The lowest BCUT2D eigenvalue weighted by atomic mass is 10.2. The maximum Gasteiger partial charge on any atom is 0.293 e. The summed E-state index contributed by atoms with van der Waals surface area (Å²) in [4.78, 5) is 37.9. The van der Waals surface area contributed by atoms with Crippen molar-refractivity contribution < 1.29 is 14.4 Å². The summed E-state index contributed by atoms with van der Waals surface area (Å²) >= 11 is 6.71. The number of nitrogens with one attached hydrogen (secondary N) is 1. The molecule has 26 heavy (non-hydrogen) atoms. The predicted molar refractivity (Wildman–Crippen MR) is 104 cm³/mol. The highest BCUT2D eigenvalue weighted by Crippen LogP contribution is 2.32. The van der Waals surface area contributed by atoms with Gasteiger partial charge in [-0.05, 0) is 47.7 Å². The van der Waals surface area contributed by atoms with Gasteiger partial charge in [0.15, 0.2) is 0 Å². The highest BCUT2D eigenvalue weighted by atomic mass is 35.5. The lowest BCUT2D eigenvalue weighted by Gasteiger charge is -2.12. The quantitative estimate of drug-likeness (QED) is 0.773. The fourth-order valence-electron chi connectivity index (χ4n) is 2.36. The zero-order valence-corrected chi connectivity index (χ0v) is 15.2. The van der Waals surface area contributed by atoms with E-state index in [-0.39, 0.29) is 30.0 Å². The van der Waals surface area contributed by atoms with Crippen LogP contribution in [0.3, 0.4) is 0 Å². The molecule has 1 saturated heterocycles. The van der Waals surface area contributed by atoms with Gasteiger partial charge in [0, 0.05) is 23.7 Å². The average molecular weight is 387 g/mol. The lowest BCUT2D eigenvalue weighted by molar-refractivity contribution is -0.123. The third kappa shape index (κ3) is 4.53. The Hall–Kier alpha value is -2.57. The summed E-state index contributed by atoms with van der Waals surface area (Å²) in [6, 6.07) is 16.0. The third-order valence-corrected chi connectivity index (χ3v) is 4.82. The Labute approximate surface area is 160 Å². The van der Waals surface area contributed by atoms with Crippen molar-refractivity contribution in [2.24, 2.45) is 0 Å². The number of carbonyl (C=O) groups is 3. The van der Waals surface area contributed by atoms with Crippen LogP contribution in [0.15, 0.2) is 59.5 Å². The Morgan fingerprint density at radius 2 is 1.77 bits per heavy atom. The van der Waals surface area contributed by atoms with Gasteiger partial charge >= 0.3 is 0 Å². The van der Waals surface area contributed by atoms with Crippen molar-refractivity contribution in [2.45, 2.75) is 6.42 Å². The zero-order chi connectivity index (χ0) is 18.5. The first-order chi connectivity index (χ1) is 12.5. The van der Waals surface area contributed by atoms with Crippen LogP contribution in [-0.2, 0) is 9.59 Å². The van der Waals surface area contributed by atoms with Crippen molar-refractivity contribution >= 4 is 52.2 Å². The molecule has 1 aliphatic heterocycles. The Kier molecular flexibility index (Phi) is 5.75. The number of nitrogens with zero attached hydrogens (tertiary/aromatic N) is 1. The van der Waals surface area contributed by atoms with E-state index in [9.17, 15) is 14.4 Å². The van der Waals surface area contributed by atoms with Crippen LogP contribution in [0, 0.1) is 0 Å². The van der Waals surface area contributed by atoms with Gasteiger partial charge in [-0.25, -0.2) is 0 Å². The monoisotopic (exact) mass is 386 g/mol. The fraction of sp³-hybridized carbons (Fsp3) is 0.105. The first kappa shape index (κ1) is 18.2. The number of hydrogen-bond acceptors (Lipinski definition) is 4. The van der Waals surface area contributed by atoms with Gasteiger partial charge in [0.25, 0.3) is 11.1 Å². The maximum atomic E-state index is 12.4. The predicted octanol–water partition coefficient (Wildman–Crippen LogP) is 4.41. The van der Waals surface area contributed by atoms with E-state index in [0.717, 1.165) is 22.2 Å². The molecule has 0 radical (unpaired) electrons. The minimum absolute atomic E-state index is 0.0428. The fourth-order valence-corrected chi connectivity index (χ4v) is 3.35. The molecule has 0 aromatic heterocycles. The van der Waals surface area contributed by atoms with Gasteiger partial charge in [-0.1, -0.05) is 41.9 Å². The average Bonchev–Trinajstić information content (AvgIpc) is 2.89. The van der Waals surface area contributed by atoms with Crippen LogP contribution < -0.4 is 5.32 Å². The molecule has 0 atom stereocenters. The second kappa shape index (κ2) is 8.21. The second-order valence-corrected chi connectivity index (χ2v) is 6.98. The lowest BCUT2D eigenvalue weighted by Crippen LogP contribution is -2.31. The SMILES string of the molecule is O=C(CCN1C(=O)S/C(=C/c2ccc(Cl)cc2)C1=O)Nc1ccccc1. The molecule has 132 valence electrons. The van der Waals surface area contributed by atoms with E-state index in [1.807, 2.05) is 18.2 Å².